The maximum absolute atomic E-state index is 13.2. The number of aryl methyl sites for hydroxylation is 1. The van der Waals surface area contributed by atoms with Crippen LogP contribution in [-0.4, -0.2) is 57.6 Å². The third-order valence-electron chi connectivity index (χ3n) is 4.60. The second-order valence-corrected chi connectivity index (χ2v) is 8.35. The molecule has 1 aliphatic heterocycles. The zero-order chi connectivity index (χ0) is 19.8. The van der Waals surface area contributed by atoms with Gasteiger partial charge in [0.15, 0.2) is 15.4 Å². The predicted molar refractivity (Wildman–Crippen MR) is 89.9 cm³/mol. The van der Waals surface area contributed by atoms with Crippen LogP contribution in [0.3, 0.4) is 0 Å². The van der Waals surface area contributed by atoms with E-state index in [0.717, 1.165) is 13.4 Å². The molecule has 2 amide bonds. The molecule has 1 N–H and O–H groups in total. The Kier molecular flexibility index (Phi) is 5.57. The van der Waals surface area contributed by atoms with Crippen LogP contribution in [0.25, 0.3) is 0 Å². The Hall–Kier alpha value is -1.81. The molecule has 1 aromatic rings. The fraction of sp³-hybridized carbons (Fsp3) is 0.562. The number of rotatable bonds is 3. The van der Waals surface area contributed by atoms with E-state index >= 15 is 0 Å². The number of anilines is 1. The average molecular weight is 394 g/mol. The van der Waals surface area contributed by atoms with Crippen LogP contribution in [-0.2, 0) is 14.6 Å². The number of methoxy groups -OCH3 is 1. The van der Waals surface area contributed by atoms with Crippen LogP contribution in [0.2, 0.25) is 0 Å². The molecule has 146 valence electrons. The molecule has 10 heteroatoms. The number of carbonyl (C=O) groups excluding carboxylic acids is 1. The Morgan fingerprint density at radius 1 is 1.27 bits per heavy atom. The number of piperidine rings is 1. The largest absolute Gasteiger partial charge is 0.417 e. The Morgan fingerprint density at radius 2 is 1.85 bits per heavy atom. The van der Waals surface area contributed by atoms with E-state index in [1.807, 2.05) is 0 Å². The molecule has 26 heavy (non-hydrogen) atoms. The van der Waals surface area contributed by atoms with E-state index in [0.29, 0.717) is 5.56 Å². The lowest BCUT2D eigenvalue weighted by molar-refractivity contribution is -0.280. The fourth-order valence-electron chi connectivity index (χ4n) is 2.95. The first-order valence-electron chi connectivity index (χ1n) is 7.88. The van der Waals surface area contributed by atoms with E-state index in [1.165, 1.54) is 11.0 Å². The van der Waals surface area contributed by atoms with Crippen LogP contribution in [0.5, 0.6) is 0 Å². The van der Waals surface area contributed by atoms with Gasteiger partial charge in [0, 0.05) is 45.0 Å². The zero-order valence-electron chi connectivity index (χ0n) is 14.7. The minimum absolute atomic E-state index is 0.0874. The molecule has 1 aromatic carbocycles. The SMILES string of the molecule is COC1(C(F)(F)F)CCN(C(=O)Nc2ccc(C)c(S(C)(=O)=O)c2)CC1. The maximum atomic E-state index is 13.2. The van der Waals surface area contributed by atoms with Gasteiger partial charge in [0.25, 0.3) is 0 Å². The molecule has 0 spiro atoms. The fourth-order valence-corrected chi connectivity index (χ4v) is 3.95. The third kappa shape index (κ3) is 4.12. The topological polar surface area (TPSA) is 75.7 Å². The summed E-state index contributed by atoms with van der Waals surface area (Å²) in [6.07, 6.45) is -4.16. The Balaban J connectivity index is 2.09. The summed E-state index contributed by atoms with van der Waals surface area (Å²) in [5.41, 5.74) is -1.43. The first-order valence-corrected chi connectivity index (χ1v) is 9.77. The molecule has 0 aromatic heterocycles. The molecule has 2 rings (SSSR count). The molecule has 0 aliphatic carbocycles. The lowest BCUT2D eigenvalue weighted by Gasteiger charge is -2.41. The summed E-state index contributed by atoms with van der Waals surface area (Å²) >= 11 is 0. The highest BCUT2D eigenvalue weighted by Crippen LogP contribution is 2.41. The van der Waals surface area contributed by atoms with Crippen molar-refractivity contribution < 1.29 is 31.1 Å². The highest BCUT2D eigenvalue weighted by Gasteiger charge is 2.56. The first kappa shape index (κ1) is 20.5. The van der Waals surface area contributed by atoms with Gasteiger partial charge in [-0.05, 0) is 24.6 Å². The van der Waals surface area contributed by atoms with E-state index < -0.39 is 27.6 Å². The van der Waals surface area contributed by atoms with Crippen LogP contribution in [0, 0.1) is 6.92 Å². The second kappa shape index (κ2) is 7.07. The number of amides is 2. The standard InChI is InChI=1S/C16H21F3N2O4S/c1-11-4-5-12(10-13(11)26(3,23)24)20-14(22)21-8-6-15(25-2,7-9-21)16(17,18)19/h4-5,10H,6-9H2,1-3H3,(H,20,22). The van der Waals surface area contributed by atoms with Gasteiger partial charge in [0.1, 0.15) is 0 Å². The second-order valence-electron chi connectivity index (χ2n) is 6.37. The van der Waals surface area contributed by atoms with Gasteiger partial charge < -0.3 is 15.0 Å². The number of ether oxygens (including phenoxy) is 1. The van der Waals surface area contributed by atoms with Gasteiger partial charge in [-0.2, -0.15) is 13.2 Å². The molecule has 0 unspecified atom stereocenters. The molecule has 0 atom stereocenters. The van der Waals surface area contributed by atoms with Crippen molar-refractivity contribution in [2.24, 2.45) is 0 Å². The van der Waals surface area contributed by atoms with E-state index in [4.69, 9.17) is 4.74 Å². The Morgan fingerprint density at radius 3 is 2.31 bits per heavy atom. The quantitative estimate of drug-likeness (QED) is 0.855. The molecule has 1 fully saturated rings. The van der Waals surface area contributed by atoms with E-state index in [-0.39, 0.29) is 36.5 Å². The van der Waals surface area contributed by atoms with Crippen LogP contribution in [0.1, 0.15) is 18.4 Å². The summed E-state index contributed by atoms with van der Waals surface area (Å²) in [4.78, 5) is 13.6. The molecule has 1 saturated heterocycles. The summed E-state index contributed by atoms with van der Waals surface area (Å²) in [5.74, 6) is 0. The van der Waals surface area contributed by atoms with Gasteiger partial charge in [-0.3, -0.25) is 0 Å². The lowest BCUT2D eigenvalue weighted by atomic mass is 9.90. The number of urea groups is 1. The predicted octanol–water partition coefficient (Wildman–Crippen LogP) is 2.97. The molecule has 6 nitrogen and oxygen atoms in total. The molecule has 0 bridgehead atoms. The third-order valence-corrected chi connectivity index (χ3v) is 5.84. The lowest BCUT2D eigenvalue weighted by Crippen LogP contribution is -2.56. The van der Waals surface area contributed by atoms with Crippen molar-refractivity contribution in [2.45, 2.75) is 36.4 Å². The van der Waals surface area contributed by atoms with Crippen molar-refractivity contribution in [3.63, 3.8) is 0 Å². The van der Waals surface area contributed by atoms with Gasteiger partial charge in [-0.1, -0.05) is 6.07 Å². The number of benzene rings is 1. The highest BCUT2D eigenvalue weighted by molar-refractivity contribution is 7.90. The summed E-state index contributed by atoms with van der Waals surface area (Å²) < 4.78 is 67.7. The molecule has 1 heterocycles. The van der Waals surface area contributed by atoms with Crippen molar-refractivity contribution in [3.8, 4) is 0 Å². The number of halogens is 3. The smallest absolute Gasteiger partial charge is 0.369 e. The molecular formula is C16H21F3N2O4S. The Labute approximate surface area is 150 Å². The number of carbonyl (C=O) groups is 1. The zero-order valence-corrected chi connectivity index (χ0v) is 15.5. The maximum Gasteiger partial charge on any atom is 0.417 e. The van der Waals surface area contributed by atoms with E-state index in [2.05, 4.69) is 5.32 Å². The molecule has 1 aliphatic rings. The number of alkyl halides is 3. The van der Waals surface area contributed by atoms with Crippen molar-refractivity contribution >= 4 is 21.6 Å². The van der Waals surface area contributed by atoms with Gasteiger partial charge in [-0.25, -0.2) is 13.2 Å². The summed E-state index contributed by atoms with van der Waals surface area (Å²) in [6.45, 7) is 1.39. The van der Waals surface area contributed by atoms with Crippen molar-refractivity contribution in [1.29, 1.82) is 0 Å². The Bertz CT molecular complexity index is 785. The van der Waals surface area contributed by atoms with Crippen LogP contribution < -0.4 is 5.32 Å². The van der Waals surface area contributed by atoms with Crippen molar-refractivity contribution in [2.75, 3.05) is 31.8 Å². The number of nitrogens with one attached hydrogen (secondary N) is 1. The number of sulfone groups is 1. The number of hydrogen-bond donors (Lipinski definition) is 1. The summed E-state index contributed by atoms with van der Waals surface area (Å²) in [6, 6.07) is 3.85. The first-order chi connectivity index (χ1) is 11.9. The molecule has 0 saturated carbocycles. The molecule has 0 radical (unpaired) electrons. The normalized spacial score (nSPS) is 17.8. The van der Waals surface area contributed by atoms with Crippen LogP contribution >= 0.6 is 0 Å². The number of likely N-dealkylation sites (tertiary alicyclic amines) is 1. The van der Waals surface area contributed by atoms with Crippen molar-refractivity contribution in [1.82, 2.24) is 4.90 Å². The van der Waals surface area contributed by atoms with Gasteiger partial charge in [0.05, 0.1) is 4.90 Å². The van der Waals surface area contributed by atoms with Crippen LogP contribution in [0.15, 0.2) is 23.1 Å². The monoisotopic (exact) mass is 394 g/mol. The minimum Gasteiger partial charge on any atom is -0.369 e. The average Bonchev–Trinajstić information content (AvgIpc) is 2.54. The summed E-state index contributed by atoms with van der Waals surface area (Å²) in [7, 11) is -2.44. The van der Waals surface area contributed by atoms with Crippen LogP contribution in [0.4, 0.5) is 23.7 Å². The van der Waals surface area contributed by atoms with Crippen molar-refractivity contribution in [3.05, 3.63) is 23.8 Å². The summed E-state index contributed by atoms with van der Waals surface area (Å²) in [5, 5.41) is 2.54. The van der Waals surface area contributed by atoms with Gasteiger partial charge in [0.2, 0.25) is 0 Å². The number of hydrogen-bond acceptors (Lipinski definition) is 4. The van der Waals surface area contributed by atoms with E-state index in [9.17, 15) is 26.4 Å². The van der Waals surface area contributed by atoms with Gasteiger partial charge >= 0.3 is 12.2 Å². The molecular weight excluding hydrogens is 373 g/mol. The number of nitrogens with zero attached hydrogens (tertiary/aromatic N) is 1. The highest BCUT2D eigenvalue weighted by atomic mass is 32.2. The van der Waals surface area contributed by atoms with Gasteiger partial charge in [-0.15, -0.1) is 0 Å². The minimum atomic E-state index is -4.51. The van der Waals surface area contributed by atoms with E-state index in [1.54, 1.807) is 19.1 Å².